The molecule has 0 saturated heterocycles. The number of urea groups is 1. The molecule has 0 spiro atoms. The lowest BCUT2D eigenvalue weighted by molar-refractivity contribution is 0.133. The Morgan fingerprint density at radius 1 is 1.19 bits per heavy atom. The van der Waals surface area contributed by atoms with Crippen molar-refractivity contribution >= 4 is 23.3 Å². The number of primary amides is 1. The van der Waals surface area contributed by atoms with Crippen molar-refractivity contribution in [2.45, 2.75) is 26.9 Å². The summed E-state index contributed by atoms with van der Waals surface area (Å²) < 4.78 is 27.2. The minimum atomic E-state index is -0.862. The van der Waals surface area contributed by atoms with Crippen molar-refractivity contribution in [3.05, 3.63) is 58.9 Å². The van der Waals surface area contributed by atoms with Gasteiger partial charge in [0, 0.05) is 0 Å². The second-order valence-electron chi connectivity index (χ2n) is 5.59. The summed E-state index contributed by atoms with van der Waals surface area (Å²) in [4.78, 5) is 22.1. The molecule has 0 saturated carbocycles. The average Bonchev–Trinajstić information content (AvgIpc) is 2.57. The number of para-hydroxylation sites is 1. The highest BCUT2D eigenvalue weighted by Crippen LogP contribution is 2.32. The van der Waals surface area contributed by atoms with Gasteiger partial charge in [-0.25, -0.2) is 14.0 Å². The molecular weight excluding hydrogens is 359 g/mol. The molecule has 1 atom stereocenters. The SMILES string of the molecule is Cc1cccc(C)c1Oc1ccc(C(C)OC(=O)SNC(N)=O)cc1F. The van der Waals surface area contributed by atoms with Gasteiger partial charge >= 0.3 is 11.3 Å². The third kappa shape index (κ3) is 5.13. The van der Waals surface area contributed by atoms with Crippen LogP contribution in [0, 0.1) is 19.7 Å². The highest BCUT2D eigenvalue weighted by Gasteiger charge is 2.16. The fraction of sp³-hybridized carbons (Fsp3) is 0.222. The van der Waals surface area contributed by atoms with Gasteiger partial charge in [0.1, 0.15) is 11.9 Å². The van der Waals surface area contributed by atoms with Crippen LogP contribution in [0.25, 0.3) is 0 Å². The molecule has 0 aliphatic carbocycles. The Kier molecular flexibility index (Phi) is 6.46. The molecule has 0 fully saturated rings. The summed E-state index contributed by atoms with van der Waals surface area (Å²) in [5.41, 5.74) is 7.11. The first-order valence-corrected chi connectivity index (χ1v) is 8.56. The molecular formula is C18H19FN2O4S. The number of carbonyl (C=O) groups excluding carboxylic acids is 2. The smallest absolute Gasteiger partial charge is 0.388 e. The Morgan fingerprint density at radius 3 is 2.42 bits per heavy atom. The lowest BCUT2D eigenvalue weighted by Crippen LogP contribution is -2.25. The second-order valence-corrected chi connectivity index (χ2v) is 6.33. The minimum absolute atomic E-state index is 0.0782. The van der Waals surface area contributed by atoms with Crippen LogP contribution in [0.15, 0.2) is 36.4 Å². The summed E-state index contributed by atoms with van der Waals surface area (Å²) in [5, 5.41) is -0.757. The number of hydrogen-bond donors (Lipinski definition) is 2. The van der Waals surface area contributed by atoms with Crippen molar-refractivity contribution in [2.75, 3.05) is 0 Å². The van der Waals surface area contributed by atoms with Crippen LogP contribution >= 0.6 is 11.9 Å². The van der Waals surface area contributed by atoms with Crippen LogP contribution in [0.1, 0.15) is 29.7 Å². The second kappa shape index (κ2) is 8.57. The average molecular weight is 378 g/mol. The molecule has 138 valence electrons. The Balaban J connectivity index is 2.09. The number of ether oxygens (including phenoxy) is 2. The van der Waals surface area contributed by atoms with Crippen LogP contribution in [-0.2, 0) is 4.74 Å². The van der Waals surface area contributed by atoms with E-state index in [0.717, 1.165) is 11.1 Å². The van der Waals surface area contributed by atoms with Crippen molar-refractivity contribution in [1.82, 2.24) is 4.72 Å². The molecule has 26 heavy (non-hydrogen) atoms. The van der Waals surface area contributed by atoms with E-state index in [1.54, 1.807) is 13.0 Å². The summed E-state index contributed by atoms with van der Waals surface area (Å²) in [7, 11) is 0. The van der Waals surface area contributed by atoms with Gasteiger partial charge in [0.05, 0.1) is 11.9 Å². The van der Waals surface area contributed by atoms with Gasteiger partial charge in [-0.05, 0) is 49.6 Å². The van der Waals surface area contributed by atoms with Gasteiger partial charge in [0.15, 0.2) is 11.6 Å². The maximum absolute atomic E-state index is 14.4. The number of aryl methyl sites for hydroxylation is 2. The Labute approximate surface area is 155 Å². The monoisotopic (exact) mass is 378 g/mol. The van der Waals surface area contributed by atoms with Gasteiger partial charge in [0.2, 0.25) is 0 Å². The summed E-state index contributed by atoms with van der Waals surface area (Å²) in [6, 6.07) is 9.14. The summed E-state index contributed by atoms with van der Waals surface area (Å²) >= 11 is 0.416. The number of benzene rings is 2. The van der Waals surface area contributed by atoms with Crippen molar-refractivity contribution in [1.29, 1.82) is 0 Å². The Morgan fingerprint density at radius 2 is 1.85 bits per heavy atom. The summed E-state index contributed by atoms with van der Waals surface area (Å²) in [6.45, 7) is 5.35. The van der Waals surface area contributed by atoms with E-state index < -0.39 is 23.3 Å². The zero-order chi connectivity index (χ0) is 19.3. The Hall–Kier alpha value is -2.74. The molecule has 0 aliphatic heterocycles. The number of hydrogen-bond acceptors (Lipinski definition) is 5. The van der Waals surface area contributed by atoms with Crippen LogP contribution in [0.4, 0.5) is 14.0 Å². The van der Waals surface area contributed by atoms with E-state index in [4.69, 9.17) is 15.2 Å². The van der Waals surface area contributed by atoms with E-state index in [0.29, 0.717) is 23.3 Å². The Bertz CT molecular complexity index is 809. The van der Waals surface area contributed by atoms with Gasteiger partial charge in [-0.15, -0.1) is 0 Å². The lowest BCUT2D eigenvalue weighted by Gasteiger charge is -2.15. The number of nitrogens with one attached hydrogen (secondary N) is 1. The van der Waals surface area contributed by atoms with E-state index in [9.17, 15) is 14.0 Å². The first-order chi connectivity index (χ1) is 12.3. The van der Waals surface area contributed by atoms with Gasteiger partial charge in [-0.1, -0.05) is 24.3 Å². The molecule has 1 unspecified atom stereocenters. The predicted molar refractivity (Wildman–Crippen MR) is 97.6 cm³/mol. The van der Waals surface area contributed by atoms with Crippen LogP contribution in [0.3, 0.4) is 0 Å². The largest absolute Gasteiger partial charge is 0.454 e. The molecule has 2 aromatic rings. The van der Waals surface area contributed by atoms with Gasteiger partial charge < -0.3 is 15.2 Å². The molecule has 8 heteroatoms. The molecule has 2 amide bonds. The van der Waals surface area contributed by atoms with Crippen LogP contribution in [0.2, 0.25) is 0 Å². The molecule has 0 aliphatic rings. The summed E-state index contributed by atoms with van der Waals surface area (Å²) in [5.74, 6) is 0.109. The quantitative estimate of drug-likeness (QED) is 0.592. The highest BCUT2D eigenvalue weighted by atomic mass is 32.2. The third-order valence-electron chi connectivity index (χ3n) is 3.55. The number of amides is 2. The molecule has 0 aromatic heterocycles. The number of nitrogens with two attached hydrogens (primary N) is 1. The minimum Gasteiger partial charge on any atom is -0.454 e. The molecule has 2 aromatic carbocycles. The molecule has 0 heterocycles. The highest BCUT2D eigenvalue weighted by molar-refractivity contribution is 8.12. The van der Waals surface area contributed by atoms with Gasteiger partial charge in [-0.3, -0.25) is 4.72 Å². The topological polar surface area (TPSA) is 90.7 Å². The standard InChI is InChI=1S/C18H19FN2O4S/c1-10-5-4-6-11(2)16(10)25-15-8-7-13(9-14(15)19)12(3)24-18(23)26-21-17(20)22/h4-9,12H,1-3H3,(H3,20,21,22). The van der Waals surface area contributed by atoms with Crippen LogP contribution in [-0.4, -0.2) is 11.3 Å². The number of carbonyl (C=O) groups is 2. The van der Waals surface area contributed by atoms with E-state index in [1.807, 2.05) is 36.8 Å². The molecule has 2 rings (SSSR count). The van der Waals surface area contributed by atoms with Gasteiger partial charge in [-0.2, -0.15) is 0 Å². The maximum atomic E-state index is 14.4. The van der Waals surface area contributed by atoms with Crippen LogP contribution in [0.5, 0.6) is 11.5 Å². The van der Waals surface area contributed by atoms with E-state index in [1.165, 1.54) is 12.1 Å². The molecule has 6 nitrogen and oxygen atoms in total. The van der Waals surface area contributed by atoms with Crippen molar-refractivity contribution in [3.63, 3.8) is 0 Å². The predicted octanol–water partition coefficient (Wildman–Crippen LogP) is 4.75. The molecule has 0 bridgehead atoms. The summed E-state index contributed by atoms with van der Waals surface area (Å²) in [6.07, 6.45) is -0.714. The fourth-order valence-corrected chi connectivity index (χ4v) is 2.63. The van der Waals surface area contributed by atoms with Crippen molar-refractivity contribution in [3.8, 4) is 11.5 Å². The van der Waals surface area contributed by atoms with Crippen molar-refractivity contribution < 1.29 is 23.5 Å². The van der Waals surface area contributed by atoms with E-state index in [-0.39, 0.29) is 5.75 Å². The third-order valence-corrected chi connectivity index (χ3v) is 4.12. The normalized spacial score (nSPS) is 11.5. The van der Waals surface area contributed by atoms with Gasteiger partial charge in [0.25, 0.3) is 0 Å². The number of halogens is 1. The lowest BCUT2D eigenvalue weighted by atomic mass is 10.1. The fourth-order valence-electron chi connectivity index (χ4n) is 2.25. The van der Waals surface area contributed by atoms with Crippen molar-refractivity contribution in [2.24, 2.45) is 5.73 Å². The first kappa shape index (κ1) is 19.6. The first-order valence-electron chi connectivity index (χ1n) is 7.74. The zero-order valence-corrected chi connectivity index (χ0v) is 15.4. The molecule has 0 radical (unpaired) electrons. The van der Waals surface area contributed by atoms with E-state index in [2.05, 4.69) is 0 Å². The van der Waals surface area contributed by atoms with E-state index >= 15 is 0 Å². The zero-order valence-electron chi connectivity index (χ0n) is 14.5. The molecule has 3 N–H and O–H groups in total. The van der Waals surface area contributed by atoms with Crippen LogP contribution < -0.4 is 15.2 Å². The number of rotatable bonds is 4. The maximum Gasteiger partial charge on any atom is 0.388 e.